The van der Waals surface area contributed by atoms with Crippen LogP contribution < -0.4 is 10.1 Å². The predicted octanol–water partition coefficient (Wildman–Crippen LogP) is 2.35. The first-order chi connectivity index (χ1) is 14.4. The van der Waals surface area contributed by atoms with E-state index in [1.165, 1.54) is 4.90 Å². The van der Waals surface area contributed by atoms with Crippen LogP contribution in [-0.4, -0.2) is 54.2 Å². The standard InChI is InChI=1S/C22H22ClN5O2/c1-25-12-17(15-10-19-18(26-11-15)8-9-20(23)27-19)22(24)14-4-6-16(7-5-14)30-13-21(29)28(2)3/h4-12,24-25H,13H2,1-3H3/p+1/b17-12-,24-22?. The Morgan fingerprint density at radius 1 is 1.17 bits per heavy atom. The van der Waals surface area contributed by atoms with Gasteiger partial charge in [0.15, 0.2) is 6.61 Å². The van der Waals surface area contributed by atoms with Crippen molar-refractivity contribution >= 4 is 39.8 Å². The van der Waals surface area contributed by atoms with Crippen LogP contribution in [0.15, 0.2) is 54.9 Å². The molecule has 2 aromatic heterocycles. The van der Waals surface area contributed by atoms with Crippen molar-refractivity contribution in [2.45, 2.75) is 0 Å². The van der Waals surface area contributed by atoms with Crippen LogP contribution in [0.3, 0.4) is 0 Å². The van der Waals surface area contributed by atoms with E-state index in [0.717, 1.165) is 11.1 Å². The Hall–Kier alpha value is -3.29. The molecule has 0 saturated carbocycles. The number of pyridine rings is 2. The first-order valence-electron chi connectivity index (χ1n) is 9.33. The third-order valence-corrected chi connectivity index (χ3v) is 4.63. The molecule has 0 saturated heterocycles. The Kier molecular flexibility index (Phi) is 6.76. The van der Waals surface area contributed by atoms with Gasteiger partial charge in [-0.05, 0) is 42.5 Å². The zero-order valence-electron chi connectivity index (χ0n) is 17.0. The molecule has 3 aromatic rings. The van der Waals surface area contributed by atoms with Crippen LogP contribution in [0.5, 0.6) is 5.75 Å². The Bertz CT molecular complexity index is 1110. The number of hydrogen-bond acceptors (Lipinski definition) is 5. The molecular formula is C22H23ClN5O2+. The lowest BCUT2D eigenvalue weighted by Crippen LogP contribution is -2.73. The maximum absolute atomic E-state index is 11.7. The number of carbonyl (C=O) groups is 1. The summed E-state index contributed by atoms with van der Waals surface area (Å²) in [5, 5.41) is 11.0. The highest BCUT2D eigenvalue weighted by atomic mass is 35.5. The third kappa shape index (κ3) is 5.00. The zero-order valence-corrected chi connectivity index (χ0v) is 17.8. The van der Waals surface area contributed by atoms with E-state index in [0.29, 0.717) is 33.3 Å². The number of carbonyl (C=O) groups excluding carboxylic acids is 1. The molecule has 2 heterocycles. The van der Waals surface area contributed by atoms with Gasteiger partial charge in [0.05, 0.1) is 29.4 Å². The molecule has 1 amide bonds. The second-order valence-electron chi connectivity index (χ2n) is 6.79. The van der Waals surface area contributed by atoms with Crippen molar-refractivity contribution in [2.75, 3.05) is 27.7 Å². The number of hydrogen-bond donors (Lipinski definition) is 2. The predicted molar refractivity (Wildman–Crippen MR) is 118 cm³/mol. The van der Waals surface area contributed by atoms with Crippen molar-refractivity contribution in [3.05, 3.63) is 71.1 Å². The lowest BCUT2D eigenvalue weighted by Gasteiger charge is -2.12. The number of allylic oxidation sites excluding steroid dienone is 1. The van der Waals surface area contributed by atoms with E-state index < -0.39 is 0 Å². The number of amides is 1. The Morgan fingerprint density at radius 2 is 1.90 bits per heavy atom. The first-order valence-corrected chi connectivity index (χ1v) is 9.71. The van der Waals surface area contributed by atoms with Crippen LogP contribution in [0, 0.1) is 5.41 Å². The topological polar surface area (TPSA) is 95.8 Å². The van der Waals surface area contributed by atoms with Crippen LogP contribution >= 0.6 is 11.6 Å². The number of ether oxygens (including phenoxy) is 1. The molecule has 3 N–H and O–H groups in total. The van der Waals surface area contributed by atoms with Crippen molar-refractivity contribution in [3.63, 3.8) is 0 Å². The SMILES string of the molecule is C[NH2+]/C=C(\C(=N)c1ccc(OCC(=O)N(C)C)cc1)c1cnc2ccc(Cl)nc2c1. The lowest BCUT2D eigenvalue weighted by molar-refractivity contribution is -0.555. The maximum Gasteiger partial charge on any atom is 0.259 e. The molecule has 0 radical (unpaired) electrons. The Morgan fingerprint density at radius 3 is 2.57 bits per heavy atom. The van der Waals surface area contributed by atoms with Crippen molar-refractivity contribution < 1.29 is 14.8 Å². The highest BCUT2D eigenvalue weighted by Crippen LogP contribution is 2.23. The second-order valence-corrected chi connectivity index (χ2v) is 7.17. The minimum atomic E-state index is -0.118. The largest absolute Gasteiger partial charge is 0.484 e. The minimum absolute atomic E-state index is 0.0297. The van der Waals surface area contributed by atoms with Gasteiger partial charge in [0.2, 0.25) is 0 Å². The fourth-order valence-corrected chi connectivity index (χ4v) is 2.92. The van der Waals surface area contributed by atoms with Crippen LogP contribution in [0.4, 0.5) is 0 Å². The average molecular weight is 425 g/mol. The van der Waals surface area contributed by atoms with Gasteiger partial charge < -0.3 is 15.0 Å². The molecular weight excluding hydrogens is 402 g/mol. The Labute approximate surface area is 179 Å². The molecule has 30 heavy (non-hydrogen) atoms. The average Bonchev–Trinajstić information content (AvgIpc) is 2.75. The highest BCUT2D eigenvalue weighted by molar-refractivity contribution is 6.30. The van der Waals surface area contributed by atoms with Gasteiger partial charge in [-0.1, -0.05) is 11.6 Å². The molecule has 0 bridgehead atoms. The van der Waals surface area contributed by atoms with Gasteiger partial charge in [-0.15, -0.1) is 0 Å². The molecule has 0 aliphatic carbocycles. The summed E-state index contributed by atoms with van der Waals surface area (Å²) < 4.78 is 5.50. The summed E-state index contributed by atoms with van der Waals surface area (Å²) in [6.07, 6.45) is 3.60. The summed E-state index contributed by atoms with van der Waals surface area (Å²) in [4.78, 5) is 21.9. The molecule has 7 nitrogen and oxygen atoms in total. The van der Waals surface area contributed by atoms with Crippen molar-refractivity contribution in [1.82, 2.24) is 14.9 Å². The number of benzene rings is 1. The molecule has 0 unspecified atom stereocenters. The van der Waals surface area contributed by atoms with Crippen LogP contribution in [0.2, 0.25) is 5.15 Å². The van der Waals surface area contributed by atoms with E-state index >= 15 is 0 Å². The molecule has 0 aliphatic rings. The van der Waals surface area contributed by atoms with Gasteiger partial charge in [0.25, 0.3) is 5.91 Å². The fourth-order valence-electron chi connectivity index (χ4n) is 2.77. The molecule has 0 atom stereocenters. The van der Waals surface area contributed by atoms with Crippen LogP contribution in [-0.2, 0) is 4.79 Å². The molecule has 0 aliphatic heterocycles. The molecule has 8 heteroatoms. The van der Waals surface area contributed by atoms with E-state index in [9.17, 15) is 4.79 Å². The van der Waals surface area contributed by atoms with E-state index in [2.05, 4.69) is 9.97 Å². The fraction of sp³-hybridized carbons (Fsp3) is 0.182. The summed E-state index contributed by atoms with van der Waals surface area (Å²) in [6.45, 7) is -0.0297. The molecule has 1 aromatic carbocycles. The number of nitrogens with one attached hydrogen (secondary N) is 1. The van der Waals surface area contributed by atoms with Gasteiger partial charge in [-0.3, -0.25) is 15.2 Å². The number of fused-ring (bicyclic) bond motifs is 1. The number of quaternary nitrogens is 1. The maximum atomic E-state index is 11.7. The van der Waals surface area contributed by atoms with Crippen molar-refractivity contribution in [1.29, 1.82) is 5.41 Å². The molecule has 154 valence electrons. The lowest BCUT2D eigenvalue weighted by atomic mass is 9.97. The zero-order chi connectivity index (χ0) is 21.7. The second kappa shape index (κ2) is 9.47. The van der Waals surface area contributed by atoms with Gasteiger partial charge in [0, 0.05) is 31.4 Å². The molecule has 0 spiro atoms. The summed E-state index contributed by atoms with van der Waals surface area (Å²) in [7, 11) is 5.26. The summed E-state index contributed by atoms with van der Waals surface area (Å²) in [5.74, 6) is 0.452. The summed E-state index contributed by atoms with van der Waals surface area (Å²) >= 11 is 6.01. The van der Waals surface area contributed by atoms with Gasteiger partial charge in [0.1, 0.15) is 17.1 Å². The third-order valence-electron chi connectivity index (χ3n) is 4.42. The normalized spacial score (nSPS) is 11.4. The van der Waals surface area contributed by atoms with E-state index in [1.54, 1.807) is 50.6 Å². The number of halogens is 1. The quantitative estimate of drug-likeness (QED) is 0.449. The van der Waals surface area contributed by atoms with Crippen LogP contribution in [0.25, 0.3) is 16.6 Å². The van der Waals surface area contributed by atoms with Crippen molar-refractivity contribution in [3.8, 4) is 5.75 Å². The van der Waals surface area contributed by atoms with E-state index in [4.69, 9.17) is 21.7 Å². The minimum Gasteiger partial charge on any atom is -0.484 e. The monoisotopic (exact) mass is 424 g/mol. The van der Waals surface area contributed by atoms with Crippen LogP contribution in [0.1, 0.15) is 11.1 Å². The van der Waals surface area contributed by atoms with Gasteiger partial charge >= 0.3 is 0 Å². The van der Waals surface area contributed by atoms with Gasteiger partial charge in [-0.2, -0.15) is 0 Å². The Balaban J connectivity index is 1.84. The number of rotatable bonds is 7. The highest BCUT2D eigenvalue weighted by Gasteiger charge is 2.14. The smallest absolute Gasteiger partial charge is 0.259 e. The number of likely N-dealkylation sites (N-methyl/N-ethyl adjacent to an activating group) is 1. The number of aromatic nitrogens is 2. The summed E-state index contributed by atoms with van der Waals surface area (Å²) in [6, 6.07) is 12.5. The molecule has 0 fully saturated rings. The van der Waals surface area contributed by atoms with Crippen molar-refractivity contribution in [2.24, 2.45) is 0 Å². The number of nitrogens with zero attached hydrogens (tertiary/aromatic N) is 3. The van der Waals surface area contributed by atoms with E-state index in [1.807, 2.05) is 30.7 Å². The number of nitrogens with two attached hydrogens (primary N) is 1. The summed E-state index contributed by atoms with van der Waals surface area (Å²) in [5.41, 5.74) is 3.95. The first kappa shape index (κ1) is 21.4. The van der Waals surface area contributed by atoms with E-state index in [-0.39, 0.29) is 12.5 Å². The van der Waals surface area contributed by atoms with Gasteiger partial charge in [-0.25, -0.2) is 4.98 Å². The molecule has 3 rings (SSSR count).